The molecule has 0 spiro atoms. The van der Waals surface area contributed by atoms with Gasteiger partial charge in [-0.05, 0) is 42.0 Å². The molecule has 1 heterocycles. The Balaban J connectivity index is 2.01. The van der Waals surface area contributed by atoms with E-state index >= 15 is 0 Å². The molecule has 0 saturated carbocycles. The van der Waals surface area contributed by atoms with Crippen molar-refractivity contribution in [2.75, 3.05) is 5.32 Å². The summed E-state index contributed by atoms with van der Waals surface area (Å²) in [7, 11) is 0. The minimum atomic E-state index is -0.578. The lowest BCUT2D eigenvalue weighted by atomic mass is 10.1. The molecule has 3 aromatic rings. The molecule has 0 aliphatic rings. The Kier molecular flexibility index (Phi) is 5.81. The summed E-state index contributed by atoms with van der Waals surface area (Å²) < 4.78 is 0. The van der Waals surface area contributed by atoms with Gasteiger partial charge in [-0.15, -0.1) is 0 Å². The molecule has 0 aliphatic heterocycles. The van der Waals surface area contributed by atoms with Crippen LogP contribution in [-0.4, -0.2) is 10.9 Å². The highest BCUT2D eigenvalue weighted by Gasteiger charge is 2.05. The number of halogens is 1. The molecule has 0 bridgehead atoms. The van der Waals surface area contributed by atoms with E-state index in [-0.39, 0.29) is 5.69 Å². The summed E-state index contributed by atoms with van der Waals surface area (Å²) in [6.45, 7) is 0. The number of rotatable bonds is 5. The zero-order valence-corrected chi connectivity index (χ0v) is 15.8. The highest BCUT2D eigenvalue weighted by atomic mass is 35.5. The highest BCUT2D eigenvalue weighted by molar-refractivity contribution is 6.30. The standard InChI is InChI=1S/C21H20ClN5O/c22-14-5-7-15(8-6-14)27-20(24)17-4-2-1-3-16(17)18(23)11-13-9-10-26-19(12-13)21(25)28/h1-10,12,27H,11,23-24H2,(H2,25,28)/b18-16-,20-17+. The first-order valence-electron chi connectivity index (χ1n) is 8.55. The van der Waals surface area contributed by atoms with Crippen molar-refractivity contribution in [3.8, 4) is 0 Å². The molecule has 0 fully saturated rings. The summed E-state index contributed by atoms with van der Waals surface area (Å²) >= 11 is 5.92. The van der Waals surface area contributed by atoms with Gasteiger partial charge in [-0.2, -0.15) is 0 Å². The fourth-order valence-electron chi connectivity index (χ4n) is 2.79. The van der Waals surface area contributed by atoms with Crippen LogP contribution in [0.3, 0.4) is 0 Å². The first kappa shape index (κ1) is 19.3. The third kappa shape index (κ3) is 4.61. The third-order valence-electron chi connectivity index (χ3n) is 4.16. The lowest BCUT2D eigenvalue weighted by molar-refractivity contribution is 0.0995. The zero-order chi connectivity index (χ0) is 20.1. The van der Waals surface area contributed by atoms with E-state index in [4.69, 9.17) is 28.8 Å². The minimum absolute atomic E-state index is 0.203. The summed E-state index contributed by atoms with van der Waals surface area (Å²) in [5.41, 5.74) is 20.4. The van der Waals surface area contributed by atoms with Gasteiger partial charge in [-0.25, -0.2) is 0 Å². The Hall–Kier alpha value is -3.51. The van der Waals surface area contributed by atoms with Gasteiger partial charge in [0, 0.05) is 39.5 Å². The third-order valence-corrected chi connectivity index (χ3v) is 4.41. The normalized spacial score (nSPS) is 12.9. The highest BCUT2D eigenvalue weighted by Crippen LogP contribution is 2.14. The van der Waals surface area contributed by atoms with Crippen molar-refractivity contribution in [2.24, 2.45) is 17.2 Å². The van der Waals surface area contributed by atoms with Crippen LogP contribution < -0.4 is 33.0 Å². The van der Waals surface area contributed by atoms with E-state index in [1.54, 1.807) is 24.3 Å². The Bertz CT molecular complexity index is 1130. The van der Waals surface area contributed by atoms with Crippen LogP contribution >= 0.6 is 11.6 Å². The maximum atomic E-state index is 11.3. The van der Waals surface area contributed by atoms with Gasteiger partial charge in [-0.1, -0.05) is 35.9 Å². The molecule has 1 amide bonds. The number of carbonyl (C=O) groups is 1. The summed E-state index contributed by atoms with van der Waals surface area (Å²) in [6, 6.07) is 18.2. The van der Waals surface area contributed by atoms with Gasteiger partial charge in [0.15, 0.2) is 0 Å². The number of anilines is 1. The van der Waals surface area contributed by atoms with Crippen molar-refractivity contribution >= 4 is 34.7 Å². The van der Waals surface area contributed by atoms with Crippen molar-refractivity contribution in [1.29, 1.82) is 0 Å². The summed E-state index contributed by atoms with van der Waals surface area (Å²) in [4.78, 5) is 15.3. The molecule has 3 rings (SSSR count). The molecular formula is C21H20ClN5O. The summed E-state index contributed by atoms with van der Waals surface area (Å²) in [5, 5.41) is 5.39. The lowest BCUT2D eigenvalue weighted by Gasteiger charge is -2.09. The van der Waals surface area contributed by atoms with Crippen molar-refractivity contribution in [3.63, 3.8) is 0 Å². The molecule has 7 N–H and O–H groups in total. The van der Waals surface area contributed by atoms with Crippen LogP contribution in [0, 0.1) is 0 Å². The second-order valence-electron chi connectivity index (χ2n) is 6.21. The lowest BCUT2D eigenvalue weighted by Crippen LogP contribution is -2.36. The molecule has 7 heteroatoms. The SMILES string of the molecule is NC(=O)c1cc(C/C(N)=c2\cccc\c2=C(\N)Nc2ccc(Cl)cc2)ccn1. The van der Waals surface area contributed by atoms with E-state index < -0.39 is 5.91 Å². The maximum absolute atomic E-state index is 11.3. The molecular weight excluding hydrogens is 374 g/mol. The van der Waals surface area contributed by atoms with E-state index in [0.29, 0.717) is 23.0 Å². The number of hydrogen-bond acceptors (Lipinski definition) is 5. The Morgan fingerprint density at radius 1 is 0.964 bits per heavy atom. The predicted molar refractivity (Wildman–Crippen MR) is 112 cm³/mol. The molecule has 28 heavy (non-hydrogen) atoms. The van der Waals surface area contributed by atoms with Crippen molar-refractivity contribution in [2.45, 2.75) is 6.42 Å². The van der Waals surface area contributed by atoms with Gasteiger partial charge in [0.25, 0.3) is 5.91 Å². The smallest absolute Gasteiger partial charge is 0.267 e. The van der Waals surface area contributed by atoms with Gasteiger partial charge in [-0.3, -0.25) is 9.78 Å². The topological polar surface area (TPSA) is 120 Å². The molecule has 0 radical (unpaired) electrons. The van der Waals surface area contributed by atoms with E-state index in [2.05, 4.69) is 10.3 Å². The number of hydrogen-bond donors (Lipinski definition) is 4. The van der Waals surface area contributed by atoms with Crippen molar-refractivity contribution < 1.29 is 4.79 Å². The number of primary amides is 1. The largest absolute Gasteiger partial charge is 0.401 e. The first-order valence-corrected chi connectivity index (χ1v) is 8.92. The number of nitrogens with one attached hydrogen (secondary N) is 1. The Morgan fingerprint density at radius 2 is 1.64 bits per heavy atom. The van der Waals surface area contributed by atoms with Gasteiger partial charge in [0.1, 0.15) is 11.5 Å². The van der Waals surface area contributed by atoms with Crippen LogP contribution in [0.4, 0.5) is 5.69 Å². The Morgan fingerprint density at radius 3 is 2.32 bits per heavy atom. The molecule has 1 aromatic heterocycles. The molecule has 0 saturated heterocycles. The molecule has 0 unspecified atom stereocenters. The van der Waals surface area contributed by atoms with Gasteiger partial charge in [0.05, 0.1) is 0 Å². The Labute approximate surface area is 167 Å². The fraction of sp³-hybridized carbons (Fsp3) is 0.0476. The van der Waals surface area contributed by atoms with Crippen LogP contribution in [-0.2, 0) is 6.42 Å². The van der Waals surface area contributed by atoms with Gasteiger partial charge >= 0.3 is 0 Å². The number of nitrogens with two attached hydrogens (primary N) is 3. The van der Waals surface area contributed by atoms with Crippen LogP contribution in [0.1, 0.15) is 16.1 Å². The van der Waals surface area contributed by atoms with Gasteiger partial charge < -0.3 is 22.5 Å². The minimum Gasteiger partial charge on any atom is -0.401 e. The quantitative estimate of drug-likeness (QED) is 0.520. The van der Waals surface area contributed by atoms with Gasteiger partial charge in [0.2, 0.25) is 0 Å². The van der Waals surface area contributed by atoms with Crippen LogP contribution in [0.5, 0.6) is 0 Å². The number of pyridine rings is 1. The molecule has 142 valence electrons. The molecule has 0 aliphatic carbocycles. The number of carbonyl (C=O) groups excluding carboxylic acids is 1. The van der Waals surface area contributed by atoms with E-state index in [1.165, 1.54) is 6.20 Å². The first-order chi connectivity index (χ1) is 13.4. The second-order valence-corrected chi connectivity index (χ2v) is 6.64. The van der Waals surface area contributed by atoms with E-state index in [0.717, 1.165) is 21.7 Å². The zero-order valence-electron chi connectivity index (χ0n) is 15.0. The van der Waals surface area contributed by atoms with Crippen LogP contribution in [0.15, 0.2) is 66.9 Å². The molecule has 0 atom stereocenters. The van der Waals surface area contributed by atoms with Crippen molar-refractivity contribution in [1.82, 2.24) is 4.98 Å². The number of amides is 1. The maximum Gasteiger partial charge on any atom is 0.267 e. The van der Waals surface area contributed by atoms with E-state index in [9.17, 15) is 4.79 Å². The van der Waals surface area contributed by atoms with Crippen LogP contribution in [0.25, 0.3) is 11.5 Å². The molecule has 2 aromatic carbocycles. The number of nitrogens with zero attached hydrogens (tertiary/aromatic N) is 1. The predicted octanol–water partition coefficient (Wildman–Crippen LogP) is 1.28. The van der Waals surface area contributed by atoms with E-state index in [1.807, 2.05) is 36.4 Å². The average Bonchev–Trinajstić information content (AvgIpc) is 2.70. The summed E-state index contributed by atoms with van der Waals surface area (Å²) in [6.07, 6.45) is 1.96. The second kappa shape index (κ2) is 8.45. The summed E-state index contributed by atoms with van der Waals surface area (Å²) in [5.74, 6) is -0.112. The molecule has 6 nitrogen and oxygen atoms in total. The van der Waals surface area contributed by atoms with Crippen LogP contribution in [0.2, 0.25) is 5.02 Å². The fourth-order valence-corrected chi connectivity index (χ4v) is 2.91. The monoisotopic (exact) mass is 393 g/mol. The van der Waals surface area contributed by atoms with Crippen molar-refractivity contribution in [3.05, 3.63) is 93.6 Å². The number of benzene rings is 2. The number of aromatic nitrogens is 1. The average molecular weight is 394 g/mol.